The van der Waals surface area contributed by atoms with Crippen molar-refractivity contribution in [1.82, 2.24) is 0 Å². The van der Waals surface area contributed by atoms with E-state index in [0.717, 1.165) is 0 Å². The molecule has 0 bridgehead atoms. The quantitative estimate of drug-likeness (QED) is 0.0589. The Balaban J connectivity index is 1.90. The smallest absolute Gasteiger partial charge is 0.0279 e. The van der Waals surface area contributed by atoms with Crippen LogP contribution in [0.1, 0.15) is 294 Å². The molecule has 1 aromatic rings. The second-order valence-electron chi connectivity index (χ2n) is 17.4. The third-order valence-electron chi connectivity index (χ3n) is 12.2. The van der Waals surface area contributed by atoms with Crippen molar-refractivity contribution >= 4 is 0 Å². The summed E-state index contributed by atoms with van der Waals surface area (Å²) in [4.78, 5) is 0. The van der Waals surface area contributed by atoms with Gasteiger partial charge in [0.05, 0.1) is 0 Å². The monoisotopic (exact) mass is 723 g/mol. The Labute approximate surface area is 330 Å². The van der Waals surface area contributed by atoms with Gasteiger partial charge in [0.25, 0.3) is 0 Å². The van der Waals surface area contributed by atoms with Gasteiger partial charge in [-0.15, -0.1) is 0 Å². The minimum absolute atomic E-state index is 1.18. The topological polar surface area (TPSA) is 0 Å². The van der Waals surface area contributed by atoms with Gasteiger partial charge in [-0.05, 0) is 48.8 Å². The minimum atomic E-state index is 1.18. The van der Waals surface area contributed by atoms with Crippen molar-refractivity contribution in [2.75, 3.05) is 0 Å². The van der Waals surface area contributed by atoms with E-state index in [1.165, 1.54) is 276 Å². The first-order chi connectivity index (χ1) is 25.8. The summed E-state index contributed by atoms with van der Waals surface area (Å²) in [5.41, 5.74) is 4.80. The van der Waals surface area contributed by atoms with Gasteiger partial charge in [-0.2, -0.15) is 0 Å². The van der Waals surface area contributed by atoms with Crippen LogP contribution in [0, 0.1) is 0 Å². The lowest BCUT2D eigenvalue weighted by Gasteiger charge is -2.10. The molecule has 0 fully saturated rings. The summed E-state index contributed by atoms with van der Waals surface area (Å²) in [6.07, 6.45) is 62.2. The van der Waals surface area contributed by atoms with Gasteiger partial charge in [-0.25, -0.2) is 0 Å². The van der Waals surface area contributed by atoms with Crippen molar-refractivity contribution in [1.29, 1.82) is 0 Å². The zero-order valence-corrected chi connectivity index (χ0v) is 36.6. The van der Waals surface area contributed by atoms with E-state index < -0.39 is 0 Å². The van der Waals surface area contributed by atoms with Crippen LogP contribution in [0.5, 0.6) is 0 Å². The summed E-state index contributed by atoms with van der Waals surface area (Å²) in [6, 6.07) is 7.58. The molecule has 0 spiro atoms. The molecule has 0 N–H and O–H groups in total. The van der Waals surface area contributed by atoms with E-state index in [9.17, 15) is 0 Å². The summed E-state index contributed by atoms with van der Waals surface area (Å²) in [5, 5.41) is 0. The number of hydrogen-bond acceptors (Lipinski definition) is 0. The van der Waals surface area contributed by atoms with E-state index in [-0.39, 0.29) is 0 Å². The molecule has 0 aliphatic heterocycles. The Morgan fingerprint density at radius 1 is 0.212 bits per heavy atom. The van der Waals surface area contributed by atoms with Gasteiger partial charge < -0.3 is 0 Å². The lowest BCUT2D eigenvalue weighted by Crippen LogP contribution is -1.95. The van der Waals surface area contributed by atoms with Crippen molar-refractivity contribution in [3.63, 3.8) is 0 Å². The first-order valence-corrected chi connectivity index (χ1v) is 24.9. The number of rotatable bonds is 43. The fraction of sp³-hybridized carbons (Fsp3) is 0.885. The molecule has 0 heteroatoms. The molecule has 0 amide bonds. The molecule has 0 aromatic heterocycles. The van der Waals surface area contributed by atoms with Gasteiger partial charge in [0, 0.05) is 0 Å². The highest BCUT2D eigenvalue weighted by Gasteiger charge is 2.03. The van der Waals surface area contributed by atoms with Crippen LogP contribution in [0.4, 0.5) is 0 Å². The maximum absolute atomic E-state index is 2.56. The van der Waals surface area contributed by atoms with E-state index >= 15 is 0 Å². The predicted molar refractivity (Wildman–Crippen MR) is 239 cm³/mol. The van der Waals surface area contributed by atoms with Crippen molar-refractivity contribution in [3.8, 4) is 0 Å². The molecule has 1 rings (SSSR count). The second-order valence-corrected chi connectivity index (χ2v) is 17.4. The van der Waals surface area contributed by atoms with Crippen LogP contribution in [0.3, 0.4) is 0 Å². The Kier molecular flexibility index (Phi) is 39.2. The highest BCUT2D eigenvalue weighted by Crippen LogP contribution is 2.20. The zero-order chi connectivity index (χ0) is 37.3. The SMILES string of the molecule is CCCCCCCCCCCCCCCCCCCCCCc1cc(CC)cc(CCCCCCCCCCCCCCCCCCCCCC)c1. The highest BCUT2D eigenvalue weighted by atomic mass is 14.1. The van der Waals surface area contributed by atoms with Crippen LogP contribution in [0.2, 0.25) is 0 Å². The van der Waals surface area contributed by atoms with Crippen LogP contribution < -0.4 is 0 Å². The fourth-order valence-electron chi connectivity index (χ4n) is 8.50. The highest BCUT2D eigenvalue weighted by molar-refractivity contribution is 5.30. The summed E-state index contributed by atoms with van der Waals surface area (Å²) in [5.74, 6) is 0. The maximum atomic E-state index is 2.56. The Morgan fingerprint density at radius 2 is 0.385 bits per heavy atom. The molecule has 0 heterocycles. The number of benzene rings is 1. The summed E-state index contributed by atoms with van der Waals surface area (Å²) >= 11 is 0. The number of aryl methyl sites for hydroxylation is 3. The first-order valence-electron chi connectivity index (χ1n) is 24.9. The predicted octanol–water partition coefficient (Wildman–Crippen LogP) is 19.0. The van der Waals surface area contributed by atoms with E-state index in [0.29, 0.717) is 0 Å². The first kappa shape index (κ1) is 49.2. The van der Waals surface area contributed by atoms with Crippen LogP contribution >= 0.6 is 0 Å². The molecule has 0 unspecified atom stereocenters. The fourth-order valence-corrected chi connectivity index (χ4v) is 8.50. The molecule has 0 saturated heterocycles. The second kappa shape index (κ2) is 41.4. The molecular formula is C52H98. The van der Waals surface area contributed by atoms with E-state index in [1.54, 1.807) is 16.7 Å². The van der Waals surface area contributed by atoms with Crippen LogP contribution in [0.25, 0.3) is 0 Å². The van der Waals surface area contributed by atoms with E-state index in [1.807, 2.05) is 0 Å². The molecule has 0 radical (unpaired) electrons. The Hall–Kier alpha value is -0.780. The van der Waals surface area contributed by atoms with Crippen LogP contribution in [-0.4, -0.2) is 0 Å². The van der Waals surface area contributed by atoms with Gasteiger partial charge in [0.15, 0.2) is 0 Å². The van der Waals surface area contributed by atoms with Gasteiger partial charge in [-0.1, -0.05) is 283 Å². The number of hydrogen-bond donors (Lipinski definition) is 0. The molecule has 0 aliphatic rings. The molecule has 1 aromatic carbocycles. The molecule has 306 valence electrons. The standard InChI is InChI=1S/C52H98/c1-4-7-9-11-13-15-17-19-21-23-25-27-29-31-33-35-37-39-41-43-45-51-47-50(6-3)48-52(49-51)46-44-42-40-38-36-34-32-30-28-26-24-22-20-18-16-14-12-10-8-5-2/h47-49H,4-46H2,1-3H3. The largest absolute Gasteiger partial charge is 0.0654 e. The number of unbranched alkanes of at least 4 members (excludes halogenated alkanes) is 38. The van der Waals surface area contributed by atoms with Crippen LogP contribution in [-0.2, 0) is 19.3 Å². The van der Waals surface area contributed by atoms with Gasteiger partial charge in [0.1, 0.15) is 0 Å². The van der Waals surface area contributed by atoms with Gasteiger partial charge in [0.2, 0.25) is 0 Å². The Morgan fingerprint density at radius 3 is 0.577 bits per heavy atom. The molecular weight excluding hydrogens is 625 g/mol. The van der Waals surface area contributed by atoms with E-state index in [4.69, 9.17) is 0 Å². The zero-order valence-electron chi connectivity index (χ0n) is 36.6. The molecule has 0 atom stereocenters. The lowest BCUT2D eigenvalue weighted by atomic mass is 9.96. The normalized spacial score (nSPS) is 11.6. The average Bonchev–Trinajstić information content (AvgIpc) is 3.16. The van der Waals surface area contributed by atoms with Crippen molar-refractivity contribution in [3.05, 3.63) is 34.9 Å². The summed E-state index contributed by atoms with van der Waals surface area (Å²) in [7, 11) is 0. The third kappa shape index (κ3) is 35.0. The van der Waals surface area contributed by atoms with Crippen molar-refractivity contribution < 1.29 is 0 Å². The summed E-state index contributed by atoms with van der Waals surface area (Å²) < 4.78 is 0. The summed E-state index contributed by atoms with van der Waals surface area (Å²) in [6.45, 7) is 6.96. The van der Waals surface area contributed by atoms with Crippen molar-refractivity contribution in [2.24, 2.45) is 0 Å². The van der Waals surface area contributed by atoms with Gasteiger partial charge >= 0.3 is 0 Å². The molecule has 0 saturated carbocycles. The Bertz CT molecular complexity index is 744. The van der Waals surface area contributed by atoms with E-state index in [2.05, 4.69) is 39.0 Å². The van der Waals surface area contributed by atoms with Crippen molar-refractivity contribution in [2.45, 2.75) is 297 Å². The average molecular weight is 723 g/mol. The maximum Gasteiger partial charge on any atom is -0.0279 e. The molecule has 0 aliphatic carbocycles. The minimum Gasteiger partial charge on any atom is -0.0654 e. The molecule has 0 nitrogen and oxygen atoms in total. The lowest BCUT2D eigenvalue weighted by molar-refractivity contribution is 0.521. The van der Waals surface area contributed by atoms with Crippen LogP contribution in [0.15, 0.2) is 18.2 Å². The van der Waals surface area contributed by atoms with Gasteiger partial charge in [-0.3, -0.25) is 0 Å². The molecule has 52 heavy (non-hydrogen) atoms. The third-order valence-corrected chi connectivity index (χ3v) is 12.2.